The van der Waals surface area contributed by atoms with Gasteiger partial charge in [0, 0.05) is 27.1 Å². The van der Waals surface area contributed by atoms with Gasteiger partial charge in [-0.15, -0.1) is 11.8 Å². The zero-order valence-corrected chi connectivity index (χ0v) is 16.8. The van der Waals surface area contributed by atoms with Gasteiger partial charge in [0.1, 0.15) is 12.1 Å². The van der Waals surface area contributed by atoms with Crippen LogP contribution in [0.1, 0.15) is 38.9 Å². The van der Waals surface area contributed by atoms with Crippen molar-refractivity contribution in [2.45, 2.75) is 4.90 Å². The normalized spacial score (nSPS) is 9.00. The van der Waals surface area contributed by atoms with Crippen LogP contribution in [-0.2, 0) is 0 Å². The fourth-order valence-electron chi connectivity index (χ4n) is 2.59. The lowest BCUT2D eigenvalue weighted by Crippen LogP contribution is -1.88. The van der Waals surface area contributed by atoms with Gasteiger partial charge in [0.2, 0.25) is 0 Å². The topological polar surface area (TPSA) is 71.4 Å². The summed E-state index contributed by atoms with van der Waals surface area (Å²) in [5.41, 5.74) is 3.88. The molecular formula is C26H13N3S. The van der Waals surface area contributed by atoms with Crippen LogP contribution in [0.25, 0.3) is 0 Å². The minimum absolute atomic E-state index is 0.400. The molecule has 0 bridgehead atoms. The zero-order chi connectivity index (χ0) is 21.3. The summed E-state index contributed by atoms with van der Waals surface area (Å²) < 4.78 is 0. The standard InChI is InChI=1S/C26H13N3S/c1-30-26-12-6-19(7-13-26)2-8-22-9-3-20(14-25(22)18-29)4-10-23-15-21(16-27)5-11-24(23)17-28/h3,5-7,9,11-15H,1H3. The number of hydrogen-bond donors (Lipinski definition) is 0. The fraction of sp³-hybridized carbons (Fsp3) is 0.0385. The first-order valence-electron chi connectivity index (χ1n) is 8.83. The van der Waals surface area contributed by atoms with E-state index in [-0.39, 0.29) is 0 Å². The van der Waals surface area contributed by atoms with E-state index in [9.17, 15) is 10.5 Å². The summed E-state index contributed by atoms with van der Waals surface area (Å²) in [5.74, 6) is 12.0. The lowest BCUT2D eigenvalue weighted by Gasteiger charge is -1.98. The first-order valence-corrected chi connectivity index (χ1v) is 10.1. The number of benzene rings is 3. The molecule has 0 heterocycles. The SMILES string of the molecule is CSc1ccc(C#Cc2ccc(C#Cc3cc(C#N)ccc3C#N)cc2C#N)cc1. The van der Waals surface area contributed by atoms with Crippen molar-refractivity contribution in [1.82, 2.24) is 0 Å². The van der Waals surface area contributed by atoms with Gasteiger partial charge < -0.3 is 0 Å². The molecule has 138 valence electrons. The van der Waals surface area contributed by atoms with Crippen LogP contribution in [0.5, 0.6) is 0 Å². The van der Waals surface area contributed by atoms with Crippen LogP contribution in [0.4, 0.5) is 0 Å². The van der Waals surface area contributed by atoms with Crippen LogP contribution in [0, 0.1) is 57.7 Å². The number of nitriles is 3. The van der Waals surface area contributed by atoms with E-state index in [4.69, 9.17) is 5.26 Å². The van der Waals surface area contributed by atoms with Crippen molar-refractivity contribution < 1.29 is 0 Å². The summed E-state index contributed by atoms with van der Waals surface area (Å²) in [5, 5.41) is 27.8. The van der Waals surface area contributed by atoms with Crippen molar-refractivity contribution in [2.75, 3.05) is 6.26 Å². The van der Waals surface area contributed by atoms with Crippen molar-refractivity contribution in [2.24, 2.45) is 0 Å². The Morgan fingerprint density at radius 3 is 1.77 bits per heavy atom. The highest BCUT2D eigenvalue weighted by molar-refractivity contribution is 7.98. The summed E-state index contributed by atoms with van der Waals surface area (Å²) in [6, 6.07) is 24.2. The fourth-order valence-corrected chi connectivity index (χ4v) is 3.00. The molecule has 3 aromatic rings. The molecule has 0 fully saturated rings. The molecule has 0 amide bonds. The molecule has 4 heteroatoms. The van der Waals surface area contributed by atoms with E-state index in [1.807, 2.05) is 36.6 Å². The van der Waals surface area contributed by atoms with E-state index in [0.717, 1.165) is 5.56 Å². The van der Waals surface area contributed by atoms with Gasteiger partial charge in [-0.25, -0.2) is 0 Å². The highest BCUT2D eigenvalue weighted by Gasteiger charge is 2.03. The molecule has 0 saturated carbocycles. The van der Waals surface area contributed by atoms with E-state index in [2.05, 4.69) is 35.8 Å². The third-order valence-electron chi connectivity index (χ3n) is 4.18. The van der Waals surface area contributed by atoms with E-state index in [1.54, 1.807) is 48.2 Å². The average molecular weight is 399 g/mol. The minimum Gasteiger partial charge on any atom is -0.192 e. The largest absolute Gasteiger partial charge is 0.192 e. The molecule has 3 rings (SSSR count). The average Bonchev–Trinajstić information content (AvgIpc) is 2.81. The van der Waals surface area contributed by atoms with E-state index < -0.39 is 0 Å². The van der Waals surface area contributed by atoms with Crippen LogP contribution >= 0.6 is 11.8 Å². The first-order chi connectivity index (χ1) is 14.7. The predicted molar refractivity (Wildman–Crippen MR) is 117 cm³/mol. The van der Waals surface area contributed by atoms with E-state index in [1.165, 1.54) is 4.90 Å². The second-order valence-electron chi connectivity index (χ2n) is 6.08. The Bertz CT molecular complexity index is 1360. The molecule has 0 aliphatic carbocycles. The Kier molecular flexibility index (Phi) is 6.57. The third kappa shape index (κ3) is 4.90. The van der Waals surface area contributed by atoms with Gasteiger partial charge in [-0.1, -0.05) is 23.7 Å². The van der Waals surface area contributed by atoms with Crippen molar-refractivity contribution in [3.63, 3.8) is 0 Å². The first kappa shape index (κ1) is 20.3. The maximum Gasteiger partial charge on any atom is 0.100 e. The smallest absolute Gasteiger partial charge is 0.100 e. The Hall–Kier alpha value is -4.40. The second-order valence-corrected chi connectivity index (χ2v) is 6.96. The van der Waals surface area contributed by atoms with Gasteiger partial charge in [-0.2, -0.15) is 15.8 Å². The molecule has 0 N–H and O–H groups in total. The number of nitrogens with zero attached hydrogens (tertiary/aromatic N) is 3. The molecule has 3 nitrogen and oxygen atoms in total. The summed E-state index contributed by atoms with van der Waals surface area (Å²) in [7, 11) is 0. The van der Waals surface area contributed by atoms with Crippen molar-refractivity contribution in [3.8, 4) is 41.9 Å². The molecule has 0 aliphatic heterocycles. The van der Waals surface area contributed by atoms with Crippen LogP contribution in [0.15, 0.2) is 65.6 Å². The Morgan fingerprint density at radius 1 is 0.533 bits per heavy atom. The molecule has 30 heavy (non-hydrogen) atoms. The van der Waals surface area contributed by atoms with Gasteiger partial charge in [-0.05, 0) is 66.9 Å². The van der Waals surface area contributed by atoms with Crippen LogP contribution < -0.4 is 0 Å². The monoisotopic (exact) mass is 399 g/mol. The van der Waals surface area contributed by atoms with Crippen LogP contribution in [0.2, 0.25) is 0 Å². The van der Waals surface area contributed by atoms with Gasteiger partial charge in [0.15, 0.2) is 0 Å². The predicted octanol–water partition coefficient (Wildman–Crippen LogP) is 4.82. The van der Waals surface area contributed by atoms with E-state index in [0.29, 0.717) is 33.4 Å². The van der Waals surface area contributed by atoms with Gasteiger partial charge in [-0.3, -0.25) is 0 Å². The molecule has 0 radical (unpaired) electrons. The van der Waals surface area contributed by atoms with Crippen molar-refractivity contribution >= 4 is 11.8 Å². The number of hydrogen-bond acceptors (Lipinski definition) is 4. The van der Waals surface area contributed by atoms with Gasteiger partial charge >= 0.3 is 0 Å². The quantitative estimate of drug-likeness (QED) is 0.434. The zero-order valence-electron chi connectivity index (χ0n) is 16.0. The Balaban J connectivity index is 1.91. The van der Waals surface area contributed by atoms with Crippen molar-refractivity contribution in [1.29, 1.82) is 15.8 Å². The second kappa shape index (κ2) is 9.69. The summed E-state index contributed by atoms with van der Waals surface area (Å²) in [6.45, 7) is 0. The summed E-state index contributed by atoms with van der Waals surface area (Å²) >= 11 is 1.67. The van der Waals surface area contributed by atoms with Gasteiger partial charge in [0.05, 0.1) is 22.8 Å². The molecule has 0 aliphatic rings. The molecule has 0 unspecified atom stereocenters. The lowest BCUT2D eigenvalue weighted by molar-refractivity contribution is 1.43. The highest BCUT2D eigenvalue weighted by Crippen LogP contribution is 2.15. The van der Waals surface area contributed by atoms with Crippen molar-refractivity contribution in [3.05, 3.63) is 99.6 Å². The maximum atomic E-state index is 9.50. The third-order valence-corrected chi connectivity index (χ3v) is 4.93. The highest BCUT2D eigenvalue weighted by atomic mass is 32.2. The molecule has 0 spiro atoms. The number of rotatable bonds is 1. The van der Waals surface area contributed by atoms with E-state index >= 15 is 0 Å². The van der Waals surface area contributed by atoms with Crippen LogP contribution in [-0.4, -0.2) is 6.26 Å². The summed E-state index contributed by atoms with van der Waals surface area (Å²) in [4.78, 5) is 1.17. The molecule has 0 atom stereocenters. The van der Waals surface area contributed by atoms with Crippen LogP contribution in [0.3, 0.4) is 0 Å². The maximum absolute atomic E-state index is 9.50. The Morgan fingerprint density at radius 2 is 1.10 bits per heavy atom. The minimum atomic E-state index is 0.400. The van der Waals surface area contributed by atoms with Gasteiger partial charge in [0.25, 0.3) is 0 Å². The lowest BCUT2D eigenvalue weighted by atomic mass is 10.0. The molecule has 3 aromatic carbocycles. The number of thioether (sulfide) groups is 1. The Labute approximate surface area is 180 Å². The molecule has 0 aromatic heterocycles. The summed E-state index contributed by atoms with van der Waals surface area (Å²) in [6.07, 6.45) is 2.02. The molecular weight excluding hydrogens is 386 g/mol. The molecule has 0 saturated heterocycles.